The Bertz CT molecular complexity index is 812. The van der Waals surface area contributed by atoms with Crippen LogP contribution in [0, 0.1) is 0 Å². The molecule has 0 radical (unpaired) electrons. The van der Waals surface area contributed by atoms with Crippen molar-refractivity contribution in [3.63, 3.8) is 0 Å². The number of hydrogen-bond acceptors (Lipinski definition) is 4. The fraction of sp³-hybridized carbons (Fsp3) is 0.263. The summed E-state index contributed by atoms with van der Waals surface area (Å²) in [7, 11) is 1.60. The fourth-order valence-corrected chi connectivity index (χ4v) is 2.49. The molecule has 5 heteroatoms. The van der Waals surface area contributed by atoms with E-state index in [2.05, 4.69) is 22.4 Å². The third-order valence-corrected chi connectivity index (χ3v) is 3.76. The van der Waals surface area contributed by atoms with Crippen molar-refractivity contribution < 1.29 is 13.9 Å². The molecule has 1 aromatic heterocycles. The van der Waals surface area contributed by atoms with Crippen LogP contribution in [0.3, 0.4) is 0 Å². The lowest BCUT2D eigenvalue weighted by Crippen LogP contribution is -2.26. The van der Waals surface area contributed by atoms with Gasteiger partial charge in [0.2, 0.25) is 0 Å². The Balaban J connectivity index is 1.68. The fourth-order valence-electron chi connectivity index (χ4n) is 2.49. The molecule has 0 atom stereocenters. The van der Waals surface area contributed by atoms with E-state index in [0.717, 1.165) is 18.4 Å². The third kappa shape index (κ3) is 4.00. The summed E-state index contributed by atoms with van der Waals surface area (Å²) in [6.45, 7) is 0.964. The second-order valence-electron chi connectivity index (χ2n) is 5.52. The highest BCUT2D eigenvalue weighted by Crippen LogP contribution is 2.18. The van der Waals surface area contributed by atoms with Crippen LogP contribution in [0.4, 0.5) is 0 Å². The molecule has 5 nitrogen and oxygen atoms in total. The van der Waals surface area contributed by atoms with Crippen molar-refractivity contribution >= 4 is 17.0 Å². The minimum Gasteiger partial charge on any atom is -0.441 e. The molecule has 24 heavy (non-hydrogen) atoms. The number of carbonyl (C=O) groups excluding carboxylic acids is 1. The molecular formula is C19H20N2O3. The Labute approximate surface area is 140 Å². The van der Waals surface area contributed by atoms with Crippen molar-refractivity contribution in [3.8, 4) is 0 Å². The highest BCUT2D eigenvalue weighted by Gasteiger charge is 2.10. The summed E-state index contributed by atoms with van der Waals surface area (Å²) in [5.41, 5.74) is 3.21. The van der Waals surface area contributed by atoms with E-state index in [4.69, 9.17) is 9.15 Å². The Hall–Kier alpha value is -2.66. The molecule has 124 valence electrons. The molecule has 1 amide bonds. The Kier molecular flexibility index (Phi) is 5.23. The number of hydrogen-bond donors (Lipinski definition) is 1. The summed E-state index contributed by atoms with van der Waals surface area (Å²) in [6.07, 6.45) is 1.60. The predicted molar refractivity (Wildman–Crippen MR) is 92.1 cm³/mol. The smallest absolute Gasteiger partial charge is 0.251 e. The molecule has 0 aliphatic rings. The average Bonchev–Trinajstić information content (AvgIpc) is 3.03. The number of methoxy groups -OCH3 is 1. The molecule has 1 N–H and O–H groups in total. The van der Waals surface area contributed by atoms with E-state index in [1.54, 1.807) is 19.2 Å². The minimum atomic E-state index is -0.142. The normalized spacial score (nSPS) is 10.9. The van der Waals surface area contributed by atoms with Crippen LogP contribution in [0.1, 0.15) is 21.8 Å². The zero-order valence-corrected chi connectivity index (χ0v) is 13.6. The van der Waals surface area contributed by atoms with Crippen LogP contribution in [0.25, 0.3) is 11.1 Å². The second-order valence-corrected chi connectivity index (χ2v) is 5.52. The van der Waals surface area contributed by atoms with Crippen LogP contribution in [0.15, 0.2) is 52.9 Å². The van der Waals surface area contributed by atoms with Crippen molar-refractivity contribution in [2.24, 2.45) is 0 Å². The maximum atomic E-state index is 12.1. The molecule has 3 aromatic rings. The minimum absolute atomic E-state index is 0.142. The van der Waals surface area contributed by atoms with Gasteiger partial charge in [0.1, 0.15) is 5.52 Å². The van der Waals surface area contributed by atoms with Crippen LogP contribution < -0.4 is 5.32 Å². The molecule has 0 aliphatic carbocycles. The lowest BCUT2D eigenvalue weighted by atomic mass is 10.1. The van der Waals surface area contributed by atoms with E-state index in [9.17, 15) is 4.79 Å². The van der Waals surface area contributed by atoms with Crippen molar-refractivity contribution in [1.29, 1.82) is 0 Å². The van der Waals surface area contributed by atoms with Crippen LogP contribution in [-0.2, 0) is 17.6 Å². The summed E-state index contributed by atoms with van der Waals surface area (Å²) in [5, 5.41) is 2.79. The Morgan fingerprint density at radius 2 is 2.00 bits per heavy atom. The molecule has 0 saturated heterocycles. The zero-order chi connectivity index (χ0) is 16.8. The first-order valence-corrected chi connectivity index (χ1v) is 7.97. The standard InChI is InChI=1S/C19H20N2O3/c1-23-12-11-20-19(22)15-8-9-16-17(13-15)24-18(21-16)10-7-14-5-3-2-4-6-14/h2-6,8-9,13H,7,10-12H2,1H3,(H,20,22). The maximum absolute atomic E-state index is 12.1. The molecule has 0 spiro atoms. The van der Waals surface area contributed by atoms with E-state index in [1.807, 2.05) is 24.3 Å². The first-order valence-electron chi connectivity index (χ1n) is 7.97. The van der Waals surface area contributed by atoms with Gasteiger partial charge in [-0.3, -0.25) is 4.79 Å². The lowest BCUT2D eigenvalue weighted by molar-refractivity contribution is 0.0937. The largest absolute Gasteiger partial charge is 0.441 e. The maximum Gasteiger partial charge on any atom is 0.251 e. The van der Waals surface area contributed by atoms with Gasteiger partial charge < -0.3 is 14.5 Å². The van der Waals surface area contributed by atoms with Crippen molar-refractivity contribution in [1.82, 2.24) is 10.3 Å². The van der Waals surface area contributed by atoms with E-state index in [0.29, 0.717) is 30.2 Å². The van der Waals surface area contributed by atoms with Gasteiger partial charge in [0, 0.05) is 25.6 Å². The van der Waals surface area contributed by atoms with Crippen molar-refractivity contribution in [2.75, 3.05) is 20.3 Å². The van der Waals surface area contributed by atoms with Crippen molar-refractivity contribution in [3.05, 3.63) is 65.5 Å². The Morgan fingerprint density at radius 1 is 1.17 bits per heavy atom. The van der Waals surface area contributed by atoms with Crippen LogP contribution in [-0.4, -0.2) is 31.2 Å². The van der Waals surface area contributed by atoms with Crippen LogP contribution in [0.2, 0.25) is 0 Å². The number of carbonyl (C=O) groups is 1. The van der Waals surface area contributed by atoms with Gasteiger partial charge in [-0.05, 0) is 30.2 Å². The number of ether oxygens (including phenoxy) is 1. The average molecular weight is 324 g/mol. The first-order chi connectivity index (χ1) is 11.8. The number of aromatic nitrogens is 1. The number of fused-ring (bicyclic) bond motifs is 1. The number of benzene rings is 2. The first kappa shape index (κ1) is 16.2. The number of nitrogens with zero attached hydrogens (tertiary/aromatic N) is 1. The van der Waals surface area contributed by atoms with Gasteiger partial charge in [-0.15, -0.1) is 0 Å². The Morgan fingerprint density at radius 3 is 2.79 bits per heavy atom. The number of nitrogens with one attached hydrogen (secondary N) is 1. The lowest BCUT2D eigenvalue weighted by Gasteiger charge is -2.03. The van der Waals surface area contributed by atoms with Gasteiger partial charge >= 0.3 is 0 Å². The molecular weight excluding hydrogens is 304 g/mol. The SMILES string of the molecule is COCCNC(=O)c1ccc2nc(CCc3ccccc3)oc2c1. The third-order valence-electron chi connectivity index (χ3n) is 3.76. The molecule has 0 bridgehead atoms. The molecule has 1 heterocycles. The number of aryl methyl sites for hydroxylation is 2. The topological polar surface area (TPSA) is 64.4 Å². The molecule has 0 saturated carbocycles. The molecule has 0 unspecified atom stereocenters. The van der Waals surface area contributed by atoms with Gasteiger partial charge in [0.25, 0.3) is 5.91 Å². The van der Waals surface area contributed by atoms with E-state index >= 15 is 0 Å². The molecule has 0 fully saturated rings. The number of rotatable bonds is 7. The summed E-state index contributed by atoms with van der Waals surface area (Å²) in [5.74, 6) is 0.543. The van der Waals surface area contributed by atoms with Gasteiger partial charge in [0.05, 0.1) is 6.61 Å². The number of oxazole rings is 1. The number of amides is 1. The van der Waals surface area contributed by atoms with Gasteiger partial charge in [-0.2, -0.15) is 0 Å². The van der Waals surface area contributed by atoms with E-state index in [1.165, 1.54) is 5.56 Å². The molecule has 3 rings (SSSR count). The van der Waals surface area contributed by atoms with Gasteiger partial charge in [-0.1, -0.05) is 30.3 Å². The summed E-state index contributed by atoms with van der Waals surface area (Å²) in [6, 6.07) is 15.5. The van der Waals surface area contributed by atoms with E-state index in [-0.39, 0.29) is 5.91 Å². The summed E-state index contributed by atoms with van der Waals surface area (Å²) in [4.78, 5) is 16.5. The van der Waals surface area contributed by atoms with Crippen molar-refractivity contribution in [2.45, 2.75) is 12.8 Å². The van der Waals surface area contributed by atoms with Crippen LogP contribution >= 0.6 is 0 Å². The second kappa shape index (κ2) is 7.75. The predicted octanol–water partition coefficient (Wildman–Crippen LogP) is 2.99. The van der Waals surface area contributed by atoms with Gasteiger partial charge in [-0.25, -0.2) is 4.98 Å². The van der Waals surface area contributed by atoms with Crippen LogP contribution in [0.5, 0.6) is 0 Å². The zero-order valence-electron chi connectivity index (χ0n) is 13.6. The highest BCUT2D eigenvalue weighted by molar-refractivity contribution is 5.97. The van der Waals surface area contributed by atoms with E-state index < -0.39 is 0 Å². The molecule has 0 aliphatic heterocycles. The highest BCUT2D eigenvalue weighted by atomic mass is 16.5. The molecule has 2 aromatic carbocycles. The summed E-state index contributed by atoms with van der Waals surface area (Å²) < 4.78 is 10.7. The summed E-state index contributed by atoms with van der Waals surface area (Å²) >= 11 is 0. The quantitative estimate of drug-likeness (QED) is 0.679. The van der Waals surface area contributed by atoms with Gasteiger partial charge in [0.15, 0.2) is 11.5 Å². The monoisotopic (exact) mass is 324 g/mol.